The predicted octanol–water partition coefficient (Wildman–Crippen LogP) is 3.01. The van der Waals surface area contributed by atoms with Crippen molar-refractivity contribution in [3.8, 4) is 11.5 Å². The number of fused-ring (bicyclic) bond motifs is 1. The monoisotopic (exact) mass is 516 g/mol. The van der Waals surface area contributed by atoms with Crippen molar-refractivity contribution in [2.75, 3.05) is 31.6 Å². The van der Waals surface area contributed by atoms with Gasteiger partial charge in [0.1, 0.15) is 19.5 Å². The first-order valence-corrected chi connectivity index (χ1v) is 13.9. The molecule has 3 amide bonds. The lowest BCUT2D eigenvalue weighted by Gasteiger charge is -2.53. The second-order valence-corrected chi connectivity index (χ2v) is 10.5. The van der Waals surface area contributed by atoms with Crippen molar-refractivity contribution in [1.82, 2.24) is 26.6 Å². The van der Waals surface area contributed by atoms with Crippen LogP contribution in [0.1, 0.15) is 71.6 Å². The van der Waals surface area contributed by atoms with E-state index in [1.54, 1.807) is 13.0 Å². The molecule has 206 valence electrons. The minimum Gasteiger partial charge on any atom is -0.486 e. The summed E-state index contributed by atoms with van der Waals surface area (Å²) in [5.74, 6) is 1.32. The number of amides is 3. The molecule has 1 aromatic rings. The molecule has 0 aromatic heterocycles. The lowest BCUT2D eigenvalue weighted by atomic mass is 9.69. The van der Waals surface area contributed by atoms with E-state index in [4.69, 9.17) is 9.47 Å². The number of anilines is 1. The number of hydrogen-bond acceptors (Lipinski definition) is 7. The van der Waals surface area contributed by atoms with Crippen LogP contribution in [-0.2, 0) is 4.79 Å². The average molecular weight is 517 g/mol. The third-order valence-electron chi connectivity index (χ3n) is 7.87. The van der Waals surface area contributed by atoms with Crippen LogP contribution in [0, 0.1) is 5.41 Å². The zero-order chi connectivity index (χ0) is 26.1. The molecule has 2 aliphatic heterocycles. The summed E-state index contributed by atoms with van der Waals surface area (Å²) in [5.41, 5.74) is 0.689. The summed E-state index contributed by atoms with van der Waals surface area (Å²) in [7, 11) is 0. The Kier molecular flexibility index (Phi) is 9.88. The molecule has 2 fully saturated rings. The highest BCUT2D eigenvalue weighted by Gasteiger charge is 2.47. The second kappa shape index (κ2) is 13.3. The van der Waals surface area contributed by atoms with E-state index < -0.39 is 6.29 Å². The molecule has 37 heavy (non-hydrogen) atoms. The van der Waals surface area contributed by atoms with Gasteiger partial charge < -0.3 is 30.7 Å². The fraction of sp³-hybridized carbons (Fsp3) is 0.704. The van der Waals surface area contributed by atoms with E-state index in [9.17, 15) is 9.59 Å². The fourth-order valence-electron chi connectivity index (χ4n) is 5.87. The summed E-state index contributed by atoms with van der Waals surface area (Å²) in [6.45, 7) is 6.25. The van der Waals surface area contributed by atoms with E-state index >= 15 is 0 Å². The van der Waals surface area contributed by atoms with Gasteiger partial charge in [0.25, 0.3) is 0 Å². The normalized spacial score (nSPS) is 25.3. The van der Waals surface area contributed by atoms with Crippen LogP contribution in [-0.4, -0.2) is 56.7 Å². The smallest absolute Gasteiger partial charge is 0.321 e. The minimum absolute atomic E-state index is 0.00496. The molecule has 6 N–H and O–H groups in total. The molecule has 1 saturated carbocycles. The highest BCUT2D eigenvalue weighted by molar-refractivity contribution is 5.89. The van der Waals surface area contributed by atoms with Gasteiger partial charge in [-0.2, -0.15) is 0 Å². The van der Waals surface area contributed by atoms with Gasteiger partial charge in [0.15, 0.2) is 11.5 Å². The number of rotatable bonds is 7. The van der Waals surface area contributed by atoms with Crippen molar-refractivity contribution < 1.29 is 19.1 Å². The molecule has 10 nitrogen and oxygen atoms in total. The molecule has 2 heterocycles. The number of ether oxygens (including phenoxy) is 2. The number of hydrogen-bond donors (Lipinski definition) is 6. The van der Waals surface area contributed by atoms with E-state index in [1.807, 2.05) is 12.1 Å². The van der Waals surface area contributed by atoms with Crippen LogP contribution in [0.4, 0.5) is 10.5 Å². The average Bonchev–Trinajstić information content (AvgIpc) is 2.99. The molecular weight excluding hydrogens is 472 g/mol. The number of carbonyl (C=O) groups excluding carboxylic acids is 2. The van der Waals surface area contributed by atoms with Crippen LogP contribution in [0.3, 0.4) is 0 Å². The number of nitrogens with one attached hydrogen (secondary N) is 6. The minimum atomic E-state index is -0.390. The first-order valence-electron chi connectivity index (χ1n) is 13.9. The fourth-order valence-corrected chi connectivity index (χ4v) is 5.87. The maximum Gasteiger partial charge on any atom is 0.321 e. The van der Waals surface area contributed by atoms with Crippen molar-refractivity contribution in [2.45, 2.75) is 90.1 Å². The Hall–Kier alpha value is -2.56. The number of benzene rings is 1. The Morgan fingerprint density at radius 3 is 2.41 bits per heavy atom. The zero-order valence-electron chi connectivity index (χ0n) is 22.3. The standard InChI is InChI=1S/C27H44N6O4/c1-19-27(12-7-5-3-4-6-8-13-27)24(29-15-9-14-28-20(2)34)32-25(30-19)33-26(35)31-21-10-11-22-23(18-21)37-17-16-36-22/h10-11,18-19,24-25,29-30,32H,3-9,12-17H2,1-2H3,(H,28,34)(H2,31,33,35). The lowest BCUT2D eigenvalue weighted by Crippen LogP contribution is -2.75. The van der Waals surface area contributed by atoms with E-state index in [2.05, 4.69) is 38.8 Å². The quantitative estimate of drug-likeness (QED) is 0.308. The summed E-state index contributed by atoms with van der Waals surface area (Å²) in [4.78, 5) is 24.1. The summed E-state index contributed by atoms with van der Waals surface area (Å²) < 4.78 is 11.2. The predicted molar refractivity (Wildman–Crippen MR) is 144 cm³/mol. The SMILES string of the molecule is CC(=O)NCCCNC1NC(NC(=O)Nc2ccc3c(c2)OCCO3)NC(C)C12CCCCCCCC2. The first kappa shape index (κ1) is 27.5. The lowest BCUT2D eigenvalue weighted by molar-refractivity contribution is -0.118. The molecule has 3 unspecified atom stereocenters. The van der Waals surface area contributed by atoms with Gasteiger partial charge in [-0.25, -0.2) is 4.79 Å². The summed E-state index contributed by atoms with van der Waals surface area (Å²) in [6.07, 6.45) is 10.3. The van der Waals surface area contributed by atoms with Gasteiger partial charge in [-0.05, 0) is 44.9 Å². The van der Waals surface area contributed by atoms with Gasteiger partial charge in [-0.1, -0.05) is 38.5 Å². The third-order valence-corrected chi connectivity index (χ3v) is 7.87. The molecule has 3 aliphatic rings. The van der Waals surface area contributed by atoms with E-state index in [1.165, 1.54) is 38.5 Å². The Morgan fingerprint density at radius 1 is 0.973 bits per heavy atom. The van der Waals surface area contributed by atoms with Crippen molar-refractivity contribution in [2.24, 2.45) is 5.41 Å². The van der Waals surface area contributed by atoms with Gasteiger partial charge in [0, 0.05) is 36.7 Å². The number of carbonyl (C=O) groups is 2. The zero-order valence-corrected chi connectivity index (χ0v) is 22.3. The second-order valence-electron chi connectivity index (χ2n) is 10.5. The van der Waals surface area contributed by atoms with E-state index in [-0.39, 0.29) is 29.6 Å². The van der Waals surface area contributed by atoms with Crippen LogP contribution in [0.2, 0.25) is 0 Å². The van der Waals surface area contributed by atoms with Crippen LogP contribution in [0.5, 0.6) is 11.5 Å². The van der Waals surface area contributed by atoms with Gasteiger partial charge in [-0.15, -0.1) is 0 Å². The summed E-state index contributed by atoms with van der Waals surface area (Å²) >= 11 is 0. The molecule has 0 radical (unpaired) electrons. The Labute approximate surface area is 220 Å². The molecule has 10 heteroatoms. The van der Waals surface area contributed by atoms with Gasteiger partial charge in [0.05, 0.1) is 6.17 Å². The van der Waals surface area contributed by atoms with E-state index in [0.717, 1.165) is 25.8 Å². The Bertz CT molecular complexity index is 903. The van der Waals surface area contributed by atoms with Crippen molar-refractivity contribution in [3.05, 3.63) is 18.2 Å². The molecule has 4 rings (SSSR count). The van der Waals surface area contributed by atoms with Crippen molar-refractivity contribution >= 4 is 17.6 Å². The van der Waals surface area contributed by atoms with Crippen molar-refractivity contribution in [1.29, 1.82) is 0 Å². The molecule has 0 bridgehead atoms. The van der Waals surface area contributed by atoms with Gasteiger partial charge >= 0.3 is 6.03 Å². The largest absolute Gasteiger partial charge is 0.486 e. The third kappa shape index (κ3) is 7.49. The van der Waals surface area contributed by atoms with E-state index in [0.29, 0.717) is 36.9 Å². The van der Waals surface area contributed by atoms with Gasteiger partial charge in [0.2, 0.25) is 5.91 Å². The first-order chi connectivity index (χ1) is 18.0. The molecular formula is C27H44N6O4. The highest BCUT2D eigenvalue weighted by atomic mass is 16.6. The molecule has 3 atom stereocenters. The van der Waals surface area contributed by atoms with Crippen molar-refractivity contribution in [3.63, 3.8) is 0 Å². The Morgan fingerprint density at radius 2 is 1.68 bits per heavy atom. The summed E-state index contributed by atoms with van der Waals surface area (Å²) in [6, 6.07) is 5.31. The Balaban J connectivity index is 1.39. The maximum absolute atomic E-state index is 12.9. The highest BCUT2D eigenvalue weighted by Crippen LogP contribution is 2.41. The number of urea groups is 1. The van der Waals surface area contributed by atoms with Crippen LogP contribution in [0.25, 0.3) is 0 Å². The van der Waals surface area contributed by atoms with Crippen LogP contribution < -0.4 is 41.4 Å². The maximum atomic E-state index is 12.9. The van der Waals surface area contributed by atoms with Crippen LogP contribution >= 0.6 is 0 Å². The molecule has 1 spiro atoms. The molecule has 1 saturated heterocycles. The molecule has 1 aromatic carbocycles. The molecule has 1 aliphatic carbocycles. The summed E-state index contributed by atoms with van der Waals surface area (Å²) in [5, 5.41) is 19.9. The van der Waals surface area contributed by atoms with Gasteiger partial charge in [-0.3, -0.25) is 15.4 Å². The van der Waals surface area contributed by atoms with Crippen LogP contribution in [0.15, 0.2) is 18.2 Å². The topological polar surface area (TPSA) is 125 Å².